The van der Waals surface area contributed by atoms with Crippen LogP contribution in [-0.4, -0.2) is 5.11 Å². The van der Waals surface area contributed by atoms with Crippen LogP contribution in [0.5, 0.6) is 0 Å². The second kappa shape index (κ2) is 3.26. The molecular weight excluding hydrogens is 204 g/mol. The van der Waals surface area contributed by atoms with E-state index in [-0.39, 0.29) is 0 Å². The van der Waals surface area contributed by atoms with Gasteiger partial charge in [-0.1, -0.05) is 24.9 Å². The van der Waals surface area contributed by atoms with E-state index >= 15 is 0 Å². The number of aliphatic hydroxyl groups is 1. The molecule has 0 saturated heterocycles. The Hall–Kier alpha value is -0.0500. The topological polar surface area (TPSA) is 20.2 Å². The number of thiophene rings is 1. The third-order valence-corrected chi connectivity index (χ3v) is 4.23. The van der Waals surface area contributed by atoms with Crippen LogP contribution in [0.1, 0.15) is 31.1 Å². The lowest BCUT2D eigenvalue weighted by atomic mass is 10.1. The van der Waals surface area contributed by atoms with E-state index < -0.39 is 5.60 Å². The van der Waals surface area contributed by atoms with E-state index in [9.17, 15) is 5.11 Å². The van der Waals surface area contributed by atoms with Crippen LogP contribution in [0.4, 0.5) is 0 Å². The van der Waals surface area contributed by atoms with Crippen molar-refractivity contribution in [3.63, 3.8) is 0 Å². The summed E-state index contributed by atoms with van der Waals surface area (Å²) in [4.78, 5) is 0.965. The van der Waals surface area contributed by atoms with E-state index in [0.29, 0.717) is 5.92 Å². The van der Waals surface area contributed by atoms with Crippen molar-refractivity contribution in [1.82, 2.24) is 0 Å². The highest BCUT2D eigenvalue weighted by molar-refractivity contribution is 7.10. The van der Waals surface area contributed by atoms with Crippen molar-refractivity contribution in [2.75, 3.05) is 0 Å². The van der Waals surface area contributed by atoms with E-state index in [0.717, 1.165) is 29.2 Å². The number of hydrogen-bond acceptors (Lipinski definition) is 2. The van der Waals surface area contributed by atoms with Crippen LogP contribution in [0.25, 0.3) is 0 Å². The number of halogens is 1. The molecule has 72 valence electrons. The largest absolute Gasteiger partial charge is 0.384 e. The van der Waals surface area contributed by atoms with Gasteiger partial charge in [-0.05, 0) is 30.2 Å². The Morgan fingerprint density at radius 1 is 1.77 bits per heavy atom. The number of hydrogen-bond donors (Lipinski definition) is 1. The fraction of sp³-hybridized carbons (Fsp3) is 0.600. The fourth-order valence-electron chi connectivity index (χ4n) is 1.89. The molecule has 1 saturated carbocycles. The van der Waals surface area contributed by atoms with Gasteiger partial charge in [-0.25, -0.2) is 0 Å². The molecule has 0 amide bonds. The first-order valence-corrected chi connectivity index (χ1v) is 5.90. The van der Waals surface area contributed by atoms with E-state index in [1.807, 2.05) is 11.4 Å². The predicted molar refractivity (Wildman–Crippen MR) is 56.2 cm³/mol. The molecule has 1 nitrogen and oxygen atoms in total. The minimum atomic E-state index is -0.582. The Morgan fingerprint density at radius 2 is 2.54 bits per heavy atom. The molecule has 1 aliphatic rings. The van der Waals surface area contributed by atoms with Gasteiger partial charge >= 0.3 is 0 Å². The Balaban J connectivity index is 2.15. The molecule has 2 rings (SSSR count). The molecular formula is C10H13ClOS. The van der Waals surface area contributed by atoms with Gasteiger partial charge in [0, 0.05) is 0 Å². The molecule has 1 N–H and O–H groups in total. The lowest BCUT2D eigenvalue weighted by molar-refractivity contribution is 0.133. The lowest BCUT2D eigenvalue weighted by Crippen LogP contribution is -2.06. The third-order valence-electron chi connectivity index (χ3n) is 2.72. The average molecular weight is 217 g/mol. The van der Waals surface area contributed by atoms with Gasteiger partial charge < -0.3 is 5.11 Å². The fourth-order valence-corrected chi connectivity index (χ4v) is 3.30. The van der Waals surface area contributed by atoms with Crippen molar-refractivity contribution in [3.05, 3.63) is 21.3 Å². The maximum Gasteiger partial charge on any atom is 0.104 e. The maximum absolute atomic E-state index is 10.2. The predicted octanol–water partition coefficient (Wildman–Crippen LogP) is 3.41. The van der Waals surface area contributed by atoms with Gasteiger partial charge in [0.25, 0.3) is 0 Å². The average Bonchev–Trinajstić information content (AvgIpc) is 2.56. The molecule has 1 heterocycles. The second-order valence-corrected chi connectivity index (χ2v) is 5.03. The molecule has 1 aliphatic carbocycles. The summed E-state index contributed by atoms with van der Waals surface area (Å²) in [5.41, 5.74) is -0.582. The minimum absolute atomic E-state index is 0.439. The van der Waals surface area contributed by atoms with E-state index in [2.05, 4.69) is 6.92 Å². The van der Waals surface area contributed by atoms with Crippen LogP contribution in [0.3, 0.4) is 0 Å². The number of rotatable bonds is 3. The molecule has 2 atom stereocenters. The van der Waals surface area contributed by atoms with E-state index in [4.69, 9.17) is 11.6 Å². The minimum Gasteiger partial charge on any atom is -0.384 e. The molecule has 2 unspecified atom stereocenters. The standard InChI is InChI=1S/C10H13ClOS/c1-2-3-7-6-10(7,12)9-8(11)4-5-13-9/h4-5,7,12H,2-3,6H2,1H3. The molecule has 1 aromatic heterocycles. The summed E-state index contributed by atoms with van der Waals surface area (Å²) in [6, 6.07) is 1.86. The van der Waals surface area contributed by atoms with Crippen molar-refractivity contribution < 1.29 is 5.11 Å². The van der Waals surface area contributed by atoms with Gasteiger partial charge in [-0.15, -0.1) is 11.3 Å². The summed E-state index contributed by atoms with van der Waals surface area (Å²) in [6.07, 6.45) is 3.13. The quantitative estimate of drug-likeness (QED) is 0.821. The van der Waals surface area contributed by atoms with Gasteiger partial charge in [-0.2, -0.15) is 0 Å². The first-order valence-electron chi connectivity index (χ1n) is 4.64. The van der Waals surface area contributed by atoms with Crippen LogP contribution in [-0.2, 0) is 5.60 Å². The van der Waals surface area contributed by atoms with E-state index in [1.165, 1.54) is 0 Å². The summed E-state index contributed by atoms with van der Waals surface area (Å²) in [7, 11) is 0. The van der Waals surface area contributed by atoms with Crippen LogP contribution in [0.2, 0.25) is 5.02 Å². The Bertz CT molecular complexity index is 310. The van der Waals surface area contributed by atoms with Gasteiger partial charge in [0.1, 0.15) is 5.60 Å². The Kier molecular flexibility index (Phi) is 2.39. The van der Waals surface area contributed by atoms with Crippen molar-refractivity contribution >= 4 is 22.9 Å². The first kappa shape index (κ1) is 9.50. The molecule has 0 aliphatic heterocycles. The second-order valence-electron chi connectivity index (χ2n) is 3.71. The summed E-state index contributed by atoms with van der Waals surface area (Å²) >= 11 is 7.55. The smallest absolute Gasteiger partial charge is 0.104 e. The van der Waals surface area contributed by atoms with Crippen molar-refractivity contribution in [2.45, 2.75) is 31.8 Å². The van der Waals surface area contributed by atoms with Gasteiger partial charge in [0.2, 0.25) is 0 Å². The Labute approximate surface area is 87.4 Å². The van der Waals surface area contributed by atoms with Crippen molar-refractivity contribution in [3.8, 4) is 0 Å². The maximum atomic E-state index is 10.2. The van der Waals surface area contributed by atoms with Gasteiger partial charge in [0.15, 0.2) is 0 Å². The van der Waals surface area contributed by atoms with Crippen LogP contribution in [0, 0.1) is 5.92 Å². The Morgan fingerprint density at radius 3 is 3.08 bits per heavy atom. The zero-order valence-electron chi connectivity index (χ0n) is 7.59. The highest BCUT2D eigenvalue weighted by Crippen LogP contribution is 2.57. The summed E-state index contributed by atoms with van der Waals surface area (Å²) in [5.74, 6) is 0.439. The van der Waals surface area contributed by atoms with E-state index in [1.54, 1.807) is 11.3 Å². The van der Waals surface area contributed by atoms with Crippen molar-refractivity contribution in [2.24, 2.45) is 5.92 Å². The van der Waals surface area contributed by atoms with Crippen LogP contribution >= 0.6 is 22.9 Å². The van der Waals surface area contributed by atoms with Crippen molar-refractivity contribution in [1.29, 1.82) is 0 Å². The molecule has 0 spiro atoms. The molecule has 0 radical (unpaired) electrons. The third kappa shape index (κ3) is 1.51. The zero-order chi connectivity index (χ0) is 9.47. The highest BCUT2D eigenvalue weighted by atomic mass is 35.5. The lowest BCUT2D eigenvalue weighted by Gasteiger charge is -2.07. The summed E-state index contributed by atoms with van der Waals surface area (Å²) in [5, 5.41) is 12.9. The van der Waals surface area contributed by atoms with Crippen LogP contribution in [0.15, 0.2) is 11.4 Å². The monoisotopic (exact) mass is 216 g/mol. The SMILES string of the molecule is CCCC1CC1(O)c1sccc1Cl. The van der Waals surface area contributed by atoms with Gasteiger partial charge in [0.05, 0.1) is 9.90 Å². The van der Waals surface area contributed by atoms with Gasteiger partial charge in [-0.3, -0.25) is 0 Å². The summed E-state index contributed by atoms with van der Waals surface area (Å²) in [6.45, 7) is 2.15. The zero-order valence-corrected chi connectivity index (χ0v) is 9.16. The highest BCUT2D eigenvalue weighted by Gasteiger charge is 2.54. The first-order chi connectivity index (χ1) is 6.18. The molecule has 0 aromatic carbocycles. The summed E-state index contributed by atoms with van der Waals surface area (Å²) < 4.78 is 0. The molecule has 1 aromatic rings. The molecule has 3 heteroatoms. The normalized spacial score (nSPS) is 32.1. The van der Waals surface area contributed by atoms with Crippen LogP contribution < -0.4 is 0 Å². The molecule has 1 fully saturated rings. The molecule has 13 heavy (non-hydrogen) atoms. The molecule has 0 bridgehead atoms.